The zero-order valence-corrected chi connectivity index (χ0v) is 10.7. The second-order valence-electron chi connectivity index (χ2n) is 6.17. The van der Waals surface area contributed by atoms with Crippen LogP contribution in [0.25, 0.3) is 0 Å². The SMILES string of the molecule is CC(CC(=O)C(C)(C)C)NC(C)(C)C. The van der Waals surface area contributed by atoms with Gasteiger partial charge in [-0.15, -0.1) is 0 Å². The summed E-state index contributed by atoms with van der Waals surface area (Å²) in [6.07, 6.45) is 0.612. The molecule has 2 nitrogen and oxygen atoms in total. The van der Waals surface area contributed by atoms with Gasteiger partial charge in [-0.05, 0) is 27.7 Å². The molecule has 0 aliphatic rings. The quantitative estimate of drug-likeness (QED) is 0.757. The van der Waals surface area contributed by atoms with Crippen LogP contribution in [0.4, 0.5) is 0 Å². The smallest absolute Gasteiger partial charge is 0.139 e. The standard InChI is InChI=1S/C12H25NO/c1-9(13-12(5,6)7)8-10(14)11(2,3)4/h9,13H,8H2,1-7H3. The summed E-state index contributed by atoms with van der Waals surface area (Å²) in [6.45, 7) is 14.3. The third-order valence-electron chi connectivity index (χ3n) is 2.01. The average molecular weight is 199 g/mol. The molecular weight excluding hydrogens is 174 g/mol. The summed E-state index contributed by atoms with van der Waals surface area (Å²) in [5, 5.41) is 3.40. The molecule has 0 aromatic heterocycles. The van der Waals surface area contributed by atoms with Crippen molar-refractivity contribution in [3.05, 3.63) is 0 Å². The topological polar surface area (TPSA) is 29.1 Å². The summed E-state index contributed by atoms with van der Waals surface area (Å²) >= 11 is 0. The van der Waals surface area contributed by atoms with Gasteiger partial charge in [0.25, 0.3) is 0 Å². The number of ketones is 1. The van der Waals surface area contributed by atoms with E-state index in [1.165, 1.54) is 0 Å². The van der Waals surface area contributed by atoms with Gasteiger partial charge in [-0.25, -0.2) is 0 Å². The van der Waals surface area contributed by atoms with E-state index in [4.69, 9.17) is 0 Å². The number of carbonyl (C=O) groups is 1. The maximum absolute atomic E-state index is 11.7. The van der Waals surface area contributed by atoms with Crippen LogP contribution in [0, 0.1) is 5.41 Å². The molecule has 0 spiro atoms. The van der Waals surface area contributed by atoms with Crippen molar-refractivity contribution in [1.82, 2.24) is 5.32 Å². The van der Waals surface area contributed by atoms with E-state index < -0.39 is 0 Å². The lowest BCUT2D eigenvalue weighted by Gasteiger charge is -2.27. The number of hydrogen-bond acceptors (Lipinski definition) is 2. The van der Waals surface area contributed by atoms with Crippen LogP contribution in [0.3, 0.4) is 0 Å². The predicted octanol–water partition coefficient (Wildman–Crippen LogP) is 2.77. The fraction of sp³-hybridized carbons (Fsp3) is 0.917. The third kappa shape index (κ3) is 6.14. The normalized spacial score (nSPS) is 15.4. The van der Waals surface area contributed by atoms with Crippen molar-refractivity contribution in [2.24, 2.45) is 5.41 Å². The Bertz CT molecular complexity index is 195. The summed E-state index contributed by atoms with van der Waals surface area (Å²) in [5.41, 5.74) is -0.134. The number of rotatable bonds is 3. The van der Waals surface area contributed by atoms with Gasteiger partial charge in [0.05, 0.1) is 0 Å². The van der Waals surface area contributed by atoms with Crippen LogP contribution in [-0.4, -0.2) is 17.4 Å². The molecule has 0 aromatic carbocycles. The Morgan fingerprint density at radius 1 is 1.14 bits per heavy atom. The average Bonchev–Trinajstić information content (AvgIpc) is 1.79. The van der Waals surface area contributed by atoms with E-state index in [1.54, 1.807) is 0 Å². The minimum Gasteiger partial charge on any atom is -0.309 e. The lowest BCUT2D eigenvalue weighted by molar-refractivity contribution is -0.126. The fourth-order valence-electron chi connectivity index (χ4n) is 1.37. The maximum Gasteiger partial charge on any atom is 0.139 e. The Kier molecular flexibility index (Phi) is 4.32. The van der Waals surface area contributed by atoms with Crippen LogP contribution < -0.4 is 5.32 Å². The molecule has 1 atom stereocenters. The molecular formula is C12H25NO. The maximum atomic E-state index is 11.7. The van der Waals surface area contributed by atoms with Crippen molar-refractivity contribution < 1.29 is 4.79 Å². The Morgan fingerprint density at radius 2 is 1.57 bits per heavy atom. The molecule has 0 saturated heterocycles. The number of carbonyl (C=O) groups excluding carboxylic acids is 1. The molecule has 0 aliphatic carbocycles. The minimum absolute atomic E-state index is 0.0809. The number of nitrogens with one attached hydrogen (secondary N) is 1. The second-order valence-corrected chi connectivity index (χ2v) is 6.17. The molecule has 0 aromatic rings. The molecule has 0 saturated carbocycles. The Hall–Kier alpha value is -0.370. The van der Waals surface area contributed by atoms with Gasteiger partial charge in [-0.3, -0.25) is 4.79 Å². The zero-order chi connectivity index (χ0) is 11.6. The molecule has 0 amide bonds. The molecule has 0 fully saturated rings. The van der Waals surface area contributed by atoms with Crippen LogP contribution in [0.2, 0.25) is 0 Å². The lowest BCUT2D eigenvalue weighted by atomic mass is 9.87. The highest BCUT2D eigenvalue weighted by Crippen LogP contribution is 2.18. The second kappa shape index (κ2) is 4.43. The Morgan fingerprint density at radius 3 is 1.86 bits per heavy atom. The highest BCUT2D eigenvalue weighted by molar-refractivity contribution is 5.84. The fourth-order valence-corrected chi connectivity index (χ4v) is 1.37. The molecule has 2 heteroatoms. The van der Waals surface area contributed by atoms with Gasteiger partial charge in [-0.2, -0.15) is 0 Å². The van der Waals surface area contributed by atoms with Crippen LogP contribution in [0.5, 0.6) is 0 Å². The van der Waals surface area contributed by atoms with E-state index >= 15 is 0 Å². The highest BCUT2D eigenvalue weighted by Gasteiger charge is 2.24. The molecule has 84 valence electrons. The summed E-state index contributed by atoms with van der Waals surface area (Å²) < 4.78 is 0. The van der Waals surface area contributed by atoms with Crippen molar-refractivity contribution >= 4 is 5.78 Å². The Labute approximate surface area is 88.5 Å². The number of Topliss-reactive ketones (excluding diaryl/α,β-unsaturated/α-hetero) is 1. The van der Waals surface area contributed by atoms with E-state index in [0.29, 0.717) is 12.2 Å². The van der Waals surface area contributed by atoms with Crippen LogP contribution >= 0.6 is 0 Å². The van der Waals surface area contributed by atoms with Gasteiger partial charge in [0, 0.05) is 23.4 Å². The van der Waals surface area contributed by atoms with Crippen molar-refractivity contribution in [1.29, 1.82) is 0 Å². The summed E-state index contributed by atoms with van der Waals surface area (Å²) in [7, 11) is 0. The van der Waals surface area contributed by atoms with Crippen molar-refractivity contribution in [3.63, 3.8) is 0 Å². The minimum atomic E-state index is -0.214. The van der Waals surface area contributed by atoms with E-state index in [2.05, 4.69) is 33.0 Å². The van der Waals surface area contributed by atoms with E-state index in [1.807, 2.05) is 20.8 Å². The highest BCUT2D eigenvalue weighted by atomic mass is 16.1. The summed E-state index contributed by atoms with van der Waals surface area (Å²) in [6, 6.07) is 0.252. The number of hydrogen-bond donors (Lipinski definition) is 1. The Balaban J connectivity index is 4.09. The lowest BCUT2D eigenvalue weighted by Crippen LogP contribution is -2.44. The van der Waals surface area contributed by atoms with Gasteiger partial charge < -0.3 is 5.32 Å². The van der Waals surface area contributed by atoms with Crippen LogP contribution in [-0.2, 0) is 4.79 Å². The zero-order valence-electron chi connectivity index (χ0n) is 10.7. The van der Waals surface area contributed by atoms with Gasteiger partial charge >= 0.3 is 0 Å². The van der Waals surface area contributed by atoms with Gasteiger partial charge in [0.15, 0.2) is 0 Å². The molecule has 0 heterocycles. The first-order valence-corrected chi connectivity index (χ1v) is 5.33. The van der Waals surface area contributed by atoms with Crippen molar-refractivity contribution in [2.45, 2.75) is 66.5 Å². The van der Waals surface area contributed by atoms with Gasteiger partial charge in [-0.1, -0.05) is 20.8 Å². The van der Waals surface area contributed by atoms with E-state index in [9.17, 15) is 4.79 Å². The molecule has 14 heavy (non-hydrogen) atoms. The third-order valence-corrected chi connectivity index (χ3v) is 2.01. The molecule has 1 unspecified atom stereocenters. The molecule has 0 radical (unpaired) electrons. The molecule has 1 N–H and O–H groups in total. The summed E-state index contributed by atoms with van der Waals surface area (Å²) in [5.74, 6) is 0.321. The first-order valence-electron chi connectivity index (χ1n) is 5.33. The monoisotopic (exact) mass is 199 g/mol. The first kappa shape index (κ1) is 13.6. The largest absolute Gasteiger partial charge is 0.309 e. The van der Waals surface area contributed by atoms with E-state index in [-0.39, 0.29) is 17.0 Å². The van der Waals surface area contributed by atoms with Gasteiger partial charge in [0.2, 0.25) is 0 Å². The predicted molar refractivity (Wildman–Crippen MR) is 61.4 cm³/mol. The van der Waals surface area contributed by atoms with E-state index in [0.717, 1.165) is 0 Å². The van der Waals surface area contributed by atoms with Crippen LogP contribution in [0.1, 0.15) is 54.9 Å². The van der Waals surface area contributed by atoms with Gasteiger partial charge in [0.1, 0.15) is 5.78 Å². The van der Waals surface area contributed by atoms with Crippen molar-refractivity contribution in [2.75, 3.05) is 0 Å². The molecule has 0 rings (SSSR count). The first-order chi connectivity index (χ1) is 6.02. The molecule has 0 bridgehead atoms. The van der Waals surface area contributed by atoms with Crippen molar-refractivity contribution in [3.8, 4) is 0 Å². The molecule has 0 aliphatic heterocycles. The van der Waals surface area contributed by atoms with Crippen LogP contribution in [0.15, 0.2) is 0 Å². The summed E-state index contributed by atoms with van der Waals surface area (Å²) in [4.78, 5) is 11.7.